The zero-order valence-electron chi connectivity index (χ0n) is 8.34. The molecule has 0 spiro atoms. The third kappa shape index (κ3) is 3.47. The van der Waals surface area contributed by atoms with E-state index in [1.165, 1.54) is 0 Å². The molecule has 3 N–H and O–H groups in total. The molecular weight excluding hydrogens is 198 g/mol. The van der Waals surface area contributed by atoms with Crippen LogP contribution in [0, 0.1) is 0 Å². The highest BCUT2D eigenvalue weighted by molar-refractivity contribution is 5.73. The molecule has 0 fully saturated rings. The highest BCUT2D eigenvalue weighted by atomic mass is 16.5. The van der Waals surface area contributed by atoms with E-state index < -0.39 is 12.0 Å². The molecule has 0 bridgehead atoms. The molecule has 5 nitrogen and oxygen atoms in total. The Morgan fingerprint density at radius 3 is 2.80 bits per heavy atom. The van der Waals surface area contributed by atoms with Crippen LogP contribution in [0.1, 0.15) is 0 Å². The zero-order valence-corrected chi connectivity index (χ0v) is 8.34. The average Bonchev–Trinajstić information content (AvgIpc) is 2.26. The van der Waals surface area contributed by atoms with Crippen molar-refractivity contribution in [1.82, 2.24) is 0 Å². The minimum atomic E-state index is -1.09. The van der Waals surface area contributed by atoms with Gasteiger partial charge in [-0.15, -0.1) is 0 Å². The number of hydrogen-bond donors (Lipinski definition) is 2. The lowest BCUT2D eigenvalue weighted by Gasteiger charge is -2.09. The molecule has 1 aromatic carbocycles. The van der Waals surface area contributed by atoms with Crippen LogP contribution in [0.5, 0.6) is 11.5 Å². The van der Waals surface area contributed by atoms with Gasteiger partial charge in [-0.2, -0.15) is 0 Å². The number of hydrogen-bond acceptors (Lipinski definition) is 4. The molecule has 0 heterocycles. The van der Waals surface area contributed by atoms with Gasteiger partial charge < -0.3 is 20.3 Å². The quantitative estimate of drug-likeness (QED) is 0.740. The lowest BCUT2D eigenvalue weighted by Crippen LogP contribution is -2.36. The Hall–Kier alpha value is -1.75. The van der Waals surface area contributed by atoms with Crippen molar-refractivity contribution >= 4 is 5.97 Å². The third-order valence-corrected chi connectivity index (χ3v) is 1.79. The largest absolute Gasteiger partial charge is 0.497 e. The number of ether oxygens (including phenoxy) is 2. The Morgan fingerprint density at radius 1 is 1.53 bits per heavy atom. The summed E-state index contributed by atoms with van der Waals surface area (Å²) in [4.78, 5) is 10.4. The van der Waals surface area contributed by atoms with Gasteiger partial charge in [-0.3, -0.25) is 4.79 Å². The maximum Gasteiger partial charge on any atom is 0.324 e. The summed E-state index contributed by atoms with van der Waals surface area (Å²) >= 11 is 0. The normalized spacial score (nSPS) is 11.9. The van der Waals surface area contributed by atoms with Crippen LogP contribution in [0.3, 0.4) is 0 Å². The summed E-state index contributed by atoms with van der Waals surface area (Å²) in [5, 5.41) is 8.53. The average molecular weight is 211 g/mol. The molecule has 0 saturated heterocycles. The molecule has 0 amide bonds. The summed E-state index contributed by atoms with van der Waals surface area (Å²) in [5.41, 5.74) is 5.28. The van der Waals surface area contributed by atoms with Crippen molar-refractivity contribution in [3.05, 3.63) is 24.3 Å². The van der Waals surface area contributed by atoms with E-state index in [-0.39, 0.29) is 6.61 Å². The van der Waals surface area contributed by atoms with E-state index in [4.69, 9.17) is 20.3 Å². The molecule has 0 radical (unpaired) electrons. The van der Waals surface area contributed by atoms with Gasteiger partial charge in [0.2, 0.25) is 0 Å². The number of carbonyl (C=O) groups is 1. The second kappa shape index (κ2) is 5.21. The first kappa shape index (κ1) is 11.3. The van der Waals surface area contributed by atoms with Crippen LogP contribution in [-0.2, 0) is 4.79 Å². The van der Waals surface area contributed by atoms with Crippen LogP contribution in [0.15, 0.2) is 24.3 Å². The first-order valence-electron chi connectivity index (χ1n) is 4.38. The molecule has 1 atom stereocenters. The summed E-state index contributed by atoms with van der Waals surface area (Å²) < 4.78 is 10.2. The Morgan fingerprint density at radius 2 is 2.20 bits per heavy atom. The van der Waals surface area contributed by atoms with Crippen molar-refractivity contribution in [3.63, 3.8) is 0 Å². The number of rotatable bonds is 5. The molecule has 1 unspecified atom stereocenters. The van der Waals surface area contributed by atoms with E-state index in [0.29, 0.717) is 11.5 Å². The van der Waals surface area contributed by atoms with Crippen LogP contribution in [-0.4, -0.2) is 30.8 Å². The molecule has 0 aromatic heterocycles. The topological polar surface area (TPSA) is 81.8 Å². The van der Waals surface area contributed by atoms with Crippen molar-refractivity contribution in [2.45, 2.75) is 6.04 Å². The Bertz CT molecular complexity index is 340. The molecule has 1 rings (SSSR count). The van der Waals surface area contributed by atoms with Crippen LogP contribution in [0.2, 0.25) is 0 Å². The number of benzene rings is 1. The second-order valence-corrected chi connectivity index (χ2v) is 2.93. The minimum absolute atomic E-state index is 0.0670. The molecule has 82 valence electrons. The zero-order chi connectivity index (χ0) is 11.3. The molecule has 0 aliphatic heterocycles. The smallest absolute Gasteiger partial charge is 0.324 e. The Labute approximate surface area is 87.4 Å². The Balaban J connectivity index is 2.53. The Kier molecular flexibility index (Phi) is 3.93. The fourth-order valence-electron chi connectivity index (χ4n) is 0.948. The lowest BCUT2D eigenvalue weighted by molar-refractivity contribution is -0.139. The van der Waals surface area contributed by atoms with E-state index in [0.717, 1.165) is 0 Å². The predicted octanol–water partition coefficient (Wildman–Crippen LogP) is 0.486. The summed E-state index contributed by atoms with van der Waals surface area (Å²) in [5.74, 6) is 0.0975. The van der Waals surface area contributed by atoms with Gasteiger partial charge in [0, 0.05) is 6.07 Å². The van der Waals surface area contributed by atoms with Gasteiger partial charge in [-0.05, 0) is 12.1 Å². The van der Waals surface area contributed by atoms with Gasteiger partial charge in [-0.1, -0.05) is 6.07 Å². The molecule has 1 aromatic rings. The first-order valence-corrected chi connectivity index (χ1v) is 4.38. The summed E-state index contributed by atoms with van der Waals surface area (Å²) in [7, 11) is 1.54. The van der Waals surface area contributed by atoms with Gasteiger partial charge in [0.25, 0.3) is 0 Å². The number of nitrogens with two attached hydrogens (primary N) is 1. The number of methoxy groups -OCH3 is 1. The predicted molar refractivity (Wildman–Crippen MR) is 54.1 cm³/mol. The van der Waals surface area contributed by atoms with Crippen molar-refractivity contribution in [1.29, 1.82) is 0 Å². The van der Waals surface area contributed by atoms with Crippen LogP contribution in [0.4, 0.5) is 0 Å². The van der Waals surface area contributed by atoms with Gasteiger partial charge in [0.15, 0.2) is 0 Å². The van der Waals surface area contributed by atoms with Crippen LogP contribution < -0.4 is 15.2 Å². The highest BCUT2D eigenvalue weighted by Gasteiger charge is 2.11. The first-order chi connectivity index (χ1) is 7.13. The van der Waals surface area contributed by atoms with E-state index in [1.54, 1.807) is 31.4 Å². The SMILES string of the molecule is COc1cccc(OCC(N)C(=O)O)c1. The van der Waals surface area contributed by atoms with Crippen molar-refractivity contribution in [2.75, 3.05) is 13.7 Å². The van der Waals surface area contributed by atoms with Crippen LogP contribution in [0.25, 0.3) is 0 Å². The molecule has 0 saturated carbocycles. The monoisotopic (exact) mass is 211 g/mol. The summed E-state index contributed by atoms with van der Waals surface area (Å²) in [6.45, 7) is -0.0670. The van der Waals surface area contributed by atoms with Crippen molar-refractivity contribution in [2.24, 2.45) is 5.73 Å². The van der Waals surface area contributed by atoms with E-state index in [9.17, 15) is 4.79 Å². The summed E-state index contributed by atoms with van der Waals surface area (Å²) in [6, 6.07) is 5.87. The van der Waals surface area contributed by atoms with E-state index in [2.05, 4.69) is 0 Å². The fourth-order valence-corrected chi connectivity index (χ4v) is 0.948. The standard InChI is InChI=1S/C10H13NO4/c1-14-7-3-2-4-8(5-7)15-6-9(11)10(12)13/h2-5,9H,6,11H2,1H3,(H,12,13). The molecule has 5 heteroatoms. The number of carboxylic acid groups (broad SMARTS) is 1. The van der Waals surface area contributed by atoms with Gasteiger partial charge >= 0.3 is 5.97 Å². The third-order valence-electron chi connectivity index (χ3n) is 1.79. The van der Waals surface area contributed by atoms with Crippen molar-refractivity contribution < 1.29 is 19.4 Å². The minimum Gasteiger partial charge on any atom is -0.497 e. The maximum atomic E-state index is 10.4. The highest BCUT2D eigenvalue weighted by Crippen LogP contribution is 2.18. The molecule has 0 aliphatic carbocycles. The summed E-state index contributed by atoms with van der Waals surface area (Å²) in [6.07, 6.45) is 0. The van der Waals surface area contributed by atoms with Crippen molar-refractivity contribution in [3.8, 4) is 11.5 Å². The molecule has 15 heavy (non-hydrogen) atoms. The fraction of sp³-hybridized carbons (Fsp3) is 0.300. The van der Waals surface area contributed by atoms with Gasteiger partial charge in [0.05, 0.1) is 7.11 Å². The molecule has 0 aliphatic rings. The maximum absolute atomic E-state index is 10.4. The van der Waals surface area contributed by atoms with Gasteiger partial charge in [0.1, 0.15) is 24.1 Å². The number of carboxylic acids is 1. The van der Waals surface area contributed by atoms with E-state index in [1.807, 2.05) is 0 Å². The second-order valence-electron chi connectivity index (χ2n) is 2.93. The lowest BCUT2D eigenvalue weighted by atomic mass is 10.3. The van der Waals surface area contributed by atoms with Crippen LogP contribution >= 0.6 is 0 Å². The van der Waals surface area contributed by atoms with Gasteiger partial charge in [-0.25, -0.2) is 0 Å². The van der Waals surface area contributed by atoms with E-state index >= 15 is 0 Å². The number of aliphatic carboxylic acids is 1. The molecular formula is C10H13NO4.